The molecule has 0 saturated heterocycles. The minimum atomic E-state index is -0.755. The van der Waals surface area contributed by atoms with Gasteiger partial charge in [0.2, 0.25) is 0 Å². The fourth-order valence-electron chi connectivity index (χ4n) is 7.87. The number of guanidine groups is 1. The van der Waals surface area contributed by atoms with Crippen LogP contribution in [0.15, 0.2) is 28.4 Å². The first-order valence-corrected chi connectivity index (χ1v) is 11.7. The van der Waals surface area contributed by atoms with Crippen LogP contribution in [0.25, 0.3) is 0 Å². The highest BCUT2D eigenvalue weighted by molar-refractivity contribution is 5.90. The Balaban J connectivity index is 1.90. The Kier molecular flexibility index (Phi) is 5.94. The first-order chi connectivity index (χ1) is 14.9. The average molecular weight is 431 g/mol. The molecule has 2 fully saturated rings. The van der Waals surface area contributed by atoms with E-state index in [2.05, 4.69) is 34.4 Å². The number of hydrogen-bond donors (Lipinski definition) is 3. The van der Waals surface area contributed by atoms with Gasteiger partial charge in [0.25, 0.3) is 0 Å². The summed E-state index contributed by atoms with van der Waals surface area (Å²) < 4.78 is 5.79. The summed E-state index contributed by atoms with van der Waals surface area (Å²) in [5.74, 6) is 0.934. The Morgan fingerprint density at radius 2 is 2.23 bits per heavy atom. The van der Waals surface area contributed by atoms with E-state index in [0.717, 1.165) is 38.8 Å². The maximum Gasteiger partial charge on any atom is 0.331 e. The van der Waals surface area contributed by atoms with Gasteiger partial charge < -0.3 is 25.8 Å². The minimum absolute atomic E-state index is 0.0439. The topological polar surface area (TPSA) is 100 Å². The number of allylic oxidation sites excluding steroid dienone is 1. The molecular weight excluding hydrogens is 392 g/mol. The summed E-state index contributed by atoms with van der Waals surface area (Å²) in [5.41, 5.74) is 7.95. The normalized spacial score (nSPS) is 39.5. The molecule has 0 amide bonds. The van der Waals surface area contributed by atoms with Crippen LogP contribution in [0, 0.1) is 34.5 Å². The van der Waals surface area contributed by atoms with Gasteiger partial charge in [-0.1, -0.05) is 18.6 Å². The number of ether oxygens (including phenoxy) is 1. The van der Waals surface area contributed by atoms with Crippen LogP contribution in [-0.4, -0.2) is 62.3 Å². The van der Waals surface area contributed by atoms with Gasteiger partial charge in [0, 0.05) is 55.3 Å². The third-order valence-electron chi connectivity index (χ3n) is 8.93. The Morgan fingerprint density at radius 3 is 2.87 bits per heavy atom. The van der Waals surface area contributed by atoms with Crippen LogP contribution in [0.1, 0.15) is 39.5 Å². The van der Waals surface area contributed by atoms with Crippen molar-refractivity contribution in [1.29, 1.82) is 0 Å². The molecule has 7 heteroatoms. The van der Waals surface area contributed by atoms with Crippen molar-refractivity contribution in [2.45, 2.75) is 39.5 Å². The molecule has 6 atom stereocenters. The van der Waals surface area contributed by atoms with Crippen LogP contribution in [0.5, 0.6) is 0 Å². The smallest absolute Gasteiger partial charge is 0.331 e. The molecule has 4 N–H and O–H groups in total. The average Bonchev–Trinajstić information content (AvgIpc) is 3.15. The molecule has 4 rings (SSSR count). The third kappa shape index (κ3) is 2.99. The highest BCUT2D eigenvalue weighted by atomic mass is 16.5. The second-order valence-corrected chi connectivity index (χ2v) is 9.86. The molecule has 1 heterocycles. The van der Waals surface area contributed by atoms with Gasteiger partial charge in [0.15, 0.2) is 5.96 Å². The number of aliphatic carboxylic acids is 1. The lowest BCUT2D eigenvalue weighted by Gasteiger charge is -2.60. The maximum atomic E-state index is 12.5. The molecular formula is C24H38N4O3. The van der Waals surface area contributed by atoms with Crippen molar-refractivity contribution in [3.8, 4) is 0 Å². The summed E-state index contributed by atoms with van der Waals surface area (Å²) >= 11 is 0. The standard InChI is InChI=1S/C24H38N4O3/c1-5-31-13-16-11-23-15(2)6-7-17(10-19(23)20(16)21(29)30)24(23)14-28(22(25)27-4)9-8-18(24)12-26-3/h8-9,15-18,26H,5-7,10-14H2,1-4H3,(H2,25,27)(H,29,30)/t15-,16-,17-,18-,23+,24-/m1/s1. The van der Waals surface area contributed by atoms with Gasteiger partial charge in [0.05, 0.1) is 6.61 Å². The van der Waals surface area contributed by atoms with Crippen LogP contribution < -0.4 is 11.1 Å². The van der Waals surface area contributed by atoms with E-state index in [1.807, 2.05) is 14.0 Å². The summed E-state index contributed by atoms with van der Waals surface area (Å²) in [4.78, 5) is 18.9. The number of nitrogens with zero attached hydrogens (tertiary/aromatic N) is 2. The number of carboxylic acid groups (broad SMARTS) is 1. The molecule has 1 aliphatic heterocycles. The molecule has 2 saturated carbocycles. The Labute approximate surface area is 185 Å². The van der Waals surface area contributed by atoms with Crippen LogP contribution in [0.3, 0.4) is 0 Å². The van der Waals surface area contributed by atoms with E-state index in [1.165, 1.54) is 5.57 Å². The summed E-state index contributed by atoms with van der Waals surface area (Å²) in [7, 11) is 3.74. The highest BCUT2D eigenvalue weighted by Crippen LogP contribution is 2.76. The zero-order chi connectivity index (χ0) is 22.4. The molecule has 2 bridgehead atoms. The predicted molar refractivity (Wildman–Crippen MR) is 121 cm³/mol. The number of carbonyl (C=O) groups is 1. The van der Waals surface area contributed by atoms with E-state index in [1.54, 1.807) is 7.05 Å². The molecule has 0 aromatic rings. The molecule has 0 aromatic heterocycles. The van der Waals surface area contributed by atoms with Crippen molar-refractivity contribution in [3.63, 3.8) is 0 Å². The van der Waals surface area contributed by atoms with Crippen LogP contribution in [0.4, 0.5) is 0 Å². The van der Waals surface area contributed by atoms with Crippen LogP contribution in [-0.2, 0) is 9.53 Å². The number of nitrogens with two attached hydrogens (primary N) is 1. The van der Waals surface area contributed by atoms with Crippen LogP contribution >= 0.6 is 0 Å². The summed E-state index contributed by atoms with van der Waals surface area (Å²) in [6, 6.07) is 0. The summed E-state index contributed by atoms with van der Waals surface area (Å²) in [6.45, 7) is 7.10. The number of nitrogens with one attached hydrogen (secondary N) is 1. The Hall–Kier alpha value is -1.86. The number of aliphatic imine (C=N–C) groups is 1. The highest BCUT2D eigenvalue weighted by Gasteiger charge is 2.72. The lowest BCUT2D eigenvalue weighted by atomic mass is 9.46. The number of carboxylic acids is 1. The van der Waals surface area contributed by atoms with Gasteiger partial charge in [-0.05, 0) is 57.4 Å². The van der Waals surface area contributed by atoms with E-state index < -0.39 is 5.97 Å². The fourth-order valence-corrected chi connectivity index (χ4v) is 7.87. The predicted octanol–water partition coefficient (Wildman–Crippen LogP) is 2.46. The molecule has 3 aliphatic carbocycles. The minimum Gasteiger partial charge on any atom is -0.478 e. The lowest BCUT2D eigenvalue weighted by molar-refractivity contribution is -0.133. The van der Waals surface area contributed by atoms with Crippen molar-refractivity contribution in [3.05, 3.63) is 23.4 Å². The van der Waals surface area contributed by atoms with Gasteiger partial charge in [-0.2, -0.15) is 0 Å². The lowest BCUT2D eigenvalue weighted by Crippen LogP contribution is -2.61. The van der Waals surface area contributed by atoms with Gasteiger partial charge in [0.1, 0.15) is 0 Å². The van der Waals surface area contributed by atoms with E-state index in [4.69, 9.17) is 10.5 Å². The monoisotopic (exact) mass is 430 g/mol. The molecule has 4 aliphatic rings. The summed E-state index contributed by atoms with van der Waals surface area (Å²) in [5, 5.41) is 13.7. The molecule has 31 heavy (non-hydrogen) atoms. The van der Waals surface area contributed by atoms with Crippen molar-refractivity contribution in [2.24, 2.45) is 45.2 Å². The first kappa shape index (κ1) is 22.3. The van der Waals surface area contributed by atoms with E-state index in [0.29, 0.717) is 42.5 Å². The van der Waals surface area contributed by atoms with Gasteiger partial charge in [-0.25, -0.2) is 4.79 Å². The van der Waals surface area contributed by atoms with E-state index >= 15 is 0 Å². The SMILES string of the molecule is CCOC[C@H]1C[C@@]23C(=C1C(=O)O)C[C@@H](CC[C@H]2C)[C@@]31CN(C(N)=NC)C=C[C@@H]1CNC. The largest absolute Gasteiger partial charge is 0.478 e. The quantitative estimate of drug-likeness (QED) is 0.442. The molecule has 7 nitrogen and oxygen atoms in total. The van der Waals surface area contributed by atoms with E-state index in [-0.39, 0.29) is 16.7 Å². The number of hydrogen-bond acceptors (Lipinski definition) is 4. The van der Waals surface area contributed by atoms with E-state index in [9.17, 15) is 9.90 Å². The maximum absolute atomic E-state index is 12.5. The molecule has 0 unspecified atom stereocenters. The molecule has 0 aromatic carbocycles. The van der Waals surface area contributed by atoms with Crippen molar-refractivity contribution >= 4 is 11.9 Å². The molecule has 0 radical (unpaired) electrons. The van der Waals surface area contributed by atoms with Gasteiger partial charge >= 0.3 is 5.97 Å². The molecule has 172 valence electrons. The number of rotatable bonds is 6. The first-order valence-electron chi connectivity index (χ1n) is 11.7. The van der Waals surface area contributed by atoms with Crippen molar-refractivity contribution < 1.29 is 14.6 Å². The second kappa shape index (κ2) is 8.24. The summed E-state index contributed by atoms with van der Waals surface area (Å²) in [6.07, 6.45) is 8.42. The fraction of sp³-hybridized carbons (Fsp3) is 0.750. The third-order valence-corrected chi connectivity index (χ3v) is 8.93. The molecule has 2 spiro atoms. The van der Waals surface area contributed by atoms with Crippen molar-refractivity contribution in [2.75, 3.05) is 40.4 Å². The Bertz CT molecular complexity index is 822. The Morgan fingerprint density at radius 1 is 1.45 bits per heavy atom. The van der Waals surface area contributed by atoms with Gasteiger partial charge in [-0.15, -0.1) is 0 Å². The van der Waals surface area contributed by atoms with Gasteiger partial charge in [-0.3, -0.25) is 4.99 Å². The van der Waals surface area contributed by atoms with Crippen LogP contribution in [0.2, 0.25) is 0 Å². The zero-order valence-electron chi connectivity index (χ0n) is 19.4. The van der Waals surface area contributed by atoms with Crippen molar-refractivity contribution in [1.82, 2.24) is 10.2 Å². The second-order valence-electron chi connectivity index (χ2n) is 9.86. The zero-order valence-corrected chi connectivity index (χ0v) is 19.4.